The number of methoxy groups -OCH3 is 1. The standard InChI is InChI=1S/C15H27NO4/c1-13(2)16-11-14-5-6-15(20-14)12-19-10-9-18-8-4-7-17-3/h5-6,13,16H,4,7-12H2,1-3H3. The van der Waals surface area contributed by atoms with E-state index in [1.807, 2.05) is 12.1 Å². The highest BCUT2D eigenvalue weighted by Crippen LogP contribution is 2.09. The second-order valence-electron chi connectivity index (χ2n) is 4.91. The fraction of sp³-hybridized carbons (Fsp3) is 0.733. The van der Waals surface area contributed by atoms with Gasteiger partial charge in [-0.05, 0) is 18.6 Å². The summed E-state index contributed by atoms with van der Waals surface area (Å²) in [6, 6.07) is 4.39. The molecular weight excluding hydrogens is 258 g/mol. The number of furan rings is 1. The van der Waals surface area contributed by atoms with Crippen LogP contribution < -0.4 is 5.32 Å². The summed E-state index contributed by atoms with van der Waals surface area (Å²) in [6.45, 7) is 8.09. The normalized spacial score (nSPS) is 11.4. The highest BCUT2D eigenvalue weighted by Gasteiger charge is 2.03. The van der Waals surface area contributed by atoms with E-state index in [0.717, 1.165) is 31.1 Å². The van der Waals surface area contributed by atoms with Gasteiger partial charge in [0.15, 0.2) is 0 Å². The van der Waals surface area contributed by atoms with E-state index < -0.39 is 0 Å². The van der Waals surface area contributed by atoms with E-state index in [-0.39, 0.29) is 0 Å². The molecule has 0 aliphatic carbocycles. The zero-order chi connectivity index (χ0) is 14.6. The summed E-state index contributed by atoms with van der Waals surface area (Å²) < 4.78 is 21.5. The first-order valence-corrected chi connectivity index (χ1v) is 7.17. The molecule has 5 heteroatoms. The highest BCUT2D eigenvalue weighted by atomic mass is 16.5. The Morgan fingerprint density at radius 2 is 1.80 bits per heavy atom. The zero-order valence-electron chi connectivity index (χ0n) is 12.8. The van der Waals surface area contributed by atoms with Crippen LogP contribution in [0.2, 0.25) is 0 Å². The van der Waals surface area contributed by atoms with E-state index in [1.54, 1.807) is 7.11 Å². The Kier molecular flexibility index (Phi) is 9.32. The molecule has 1 aromatic rings. The van der Waals surface area contributed by atoms with Gasteiger partial charge in [-0.15, -0.1) is 0 Å². The van der Waals surface area contributed by atoms with Crippen molar-refractivity contribution in [2.24, 2.45) is 0 Å². The van der Waals surface area contributed by atoms with Gasteiger partial charge in [0.25, 0.3) is 0 Å². The van der Waals surface area contributed by atoms with Gasteiger partial charge in [0.2, 0.25) is 0 Å². The summed E-state index contributed by atoms with van der Waals surface area (Å²) >= 11 is 0. The van der Waals surface area contributed by atoms with Crippen LogP contribution in [0.15, 0.2) is 16.5 Å². The van der Waals surface area contributed by atoms with Gasteiger partial charge in [-0.1, -0.05) is 13.8 Å². The zero-order valence-corrected chi connectivity index (χ0v) is 12.8. The molecule has 0 unspecified atom stereocenters. The smallest absolute Gasteiger partial charge is 0.129 e. The van der Waals surface area contributed by atoms with Gasteiger partial charge >= 0.3 is 0 Å². The van der Waals surface area contributed by atoms with Crippen molar-refractivity contribution >= 4 is 0 Å². The molecule has 5 nitrogen and oxygen atoms in total. The molecule has 0 aliphatic rings. The van der Waals surface area contributed by atoms with Crippen LogP contribution in [0.1, 0.15) is 31.8 Å². The van der Waals surface area contributed by atoms with Gasteiger partial charge in [-0.2, -0.15) is 0 Å². The third-order valence-electron chi connectivity index (χ3n) is 2.66. The molecule has 0 fully saturated rings. The molecule has 0 amide bonds. The average Bonchev–Trinajstić information content (AvgIpc) is 2.87. The maximum atomic E-state index is 5.65. The van der Waals surface area contributed by atoms with Crippen LogP contribution in [0.5, 0.6) is 0 Å². The van der Waals surface area contributed by atoms with Crippen LogP contribution in [0, 0.1) is 0 Å². The maximum Gasteiger partial charge on any atom is 0.129 e. The predicted octanol–water partition coefficient (Wildman–Crippen LogP) is 2.35. The molecule has 0 saturated heterocycles. The molecule has 0 spiro atoms. The Labute approximate surface area is 121 Å². The van der Waals surface area contributed by atoms with Gasteiger partial charge in [0, 0.05) is 26.4 Å². The molecule has 116 valence electrons. The second kappa shape index (κ2) is 10.9. The van der Waals surface area contributed by atoms with Crippen molar-refractivity contribution in [2.45, 2.75) is 39.5 Å². The first kappa shape index (κ1) is 17.2. The van der Waals surface area contributed by atoms with Gasteiger partial charge in [0.1, 0.15) is 18.1 Å². The van der Waals surface area contributed by atoms with E-state index >= 15 is 0 Å². The van der Waals surface area contributed by atoms with Gasteiger partial charge < -0.3 is 23.9 Å². The monoisotopic (exact) mass is 285 g/mol. The number of nitrogens with one attached hydrogen (secondary N) is 1. The van der Waals surface area contributed by atoms with Crippen molar-refractivity contribution in [3.05, 3.63) is 23.7 Å². The van der Waals surface area contributed by atoms with Gasteiger partial charge in [-0.3, -0.25) is 0 Å². The fourth-order valence-electron chi connectivity index (χ4n) is 1.60. The van der Waals surface area contributed by atoms with Crippen LogP contribution in [0.3, 0.4) is 0 Å². The quantitative estimate of drug-likeness (QED) is 0.597. The molecule has 0 radical (unpaired) electrons. The van der Waals surface area contributed by atoms with Crippen molar-refractivity contribution in [3.8, 4) is 0 Å². The summed E-state index contributed by atoms with van der Waals surface area (Å²) in [7, 11) is 1.69. The van der Waals surface area contributed by atoms with Crippen LogP contribution in [-0.4, -0.2) is 39.6 Å². The molecular formula is C15H27NO4. The summed E-state index contributed by atoms with van der Waals surface area (Å²) in [6.07, 6.45) is 0.918. The number of hydrogen-bond acceptors (Lipinski definition) is 5. The molecule has 1 rings (SSSR count). The lowest BCUT2D eigenvalue weighted by Crippen LogP contribution is -2.21. The molecule has 0 saturated carbocycles. The molecule has 1 N–H and O–H groups in total. The minimum atomic E-state index is 0.454. The van der Waals surface area contributed by atoms with Crippen LogP contribution in [-0.2, 0) is 27.4 Å². The third-order valence-corrected chi connectivity index (χ3v) is 2.66. The van der Waals surface area contributed by atoms with Crippen molar-refractivity contribution in [2.75, 3.05) is 33.5 Å². The molecule has 1 heterocycles. The molecule has 0 aromatic carbocycles. The predicted molar refractivity (Wildman–Crippen MR) is 77.7 cm³/mol. The average molecular weight is 285 g/mol. The minimum absolute atomic E-state index is 0.454. The lowest BCUT2D eigenvalue weighted by molar-refractivity contribution is 0.0284. The van der Waals surface area contributed by atoms with E-state index in [4.69, 9.17) is 18.6 Å². The Balaban J connectivity index is 2.01. The summed E-state index contributed by atoms with van der Waals surface area (Å²) in [5.41, 5.74) is 0. The number of ether oxygens (including phenoxy) is 3. The van der Waals surface area contributed by atoms with Crippen molar-refractivity contribution in [1.29, 1.82) is 0 Å². The Morgan fingerprint density at radius 1 is 1.05 bits per heavy atom. The third kappa shape index (κ3) is 8.32. The molecule has 0 atom stereocenters. The Bertz CT molecular complexity index is 338. The van der Waals surface area contributed by atoms with E-state index in [0.29, 0.717) is 32.5 Å². The Morgan fingerprint density at radius 3 is 2.55 bits per heavy atom. The van der Waals surface area contributed by atoms with Crippen LogP contribution in [0.4, 0.5) is 0 Å². The van der Waals surface area contributed by atoms with Crippen molar-refractivity contribution in [1.82, 2.24) is 5.32 Å². The lowest BCUT2D eigenvalue weighted by Gasteiger charge is -2.06. The molecule has 20 heavy (non-hydrogen) atoms. The van der Waals surface area contributed by atoms with Crippen molar-refractivity contribution in [3.63, 3.8) is 0 Å². The van der Waals surface area contributed by atoms with E-state index in [1.165, 1.54) is 0 Å². The number of hydrogen-bond donors (Lipinski definition) is 1. The minimum Gasteiger partial charge on any atom is -0.462 e. The largest absolute Gasteiger partial charge is 0.462 e. The summed E-state index contributed by atoms with van der Waals surface area (Å²) in [4.78, 5) is 0. The summed E-state index contributed by atoms with van der Waals surface area (Å²) in [5.74, 6) is 1.79. The Hall–Kier alpha value is -0.880. The topological polar surface area (TPSA) is 52.9 Å². The summed E-state index contributed by atoms with van der Waals surface area (Å²) in [5, 5.41) is 3.31. The van der Waals surface area contributed by atoms with Gasteiger partial charge in [-0.25, -0.2) is 0 Å². The highest BCUT2D eigenvalue weighted by molar-refractivity contribution is 5.06. The first-order valence-electron chi connectivity index (χ1n) is 7.17. The molecule has 0 bridgehead atoms. The lowest BCUT2D eigenvalue weighted by atomic mass is 10.3. The van der Waals surface area contributed by atoms with Crippen LogP contribution in [0.25, 0.3) is 0 Å². The molecule has 0 aliphatic heterocycles. The molecule has 1 aromatic heterocycles. The van der Waals surface area contributed by atoms with Gasteiger partial charge in [0.05, 0.1) is 19.8 Å². The number of rotatable bonds is 12. The SMILES string of the molecule is COCCCOCCOCc1ccc(CNC(C)C)o1. The van der Waals surface area contributed by atoms with Crippen molar-refractivity contribution < 1.29 is 18.6 Å². The van der Waals surface area contributed by atoms with E-state index in [2.05, 4.69) is 19.2 Å². The fourth-order valence-corrected chi connectivity index (χ4v) is 1.60. The first-order chi connectivity index (χ1) is 9.72. The van der Waals surface area contributed by atoms with Crippen LogP contribution >= 0.6 is 0 Å². The van der Waals surface area contributed by atoms with E-state index in [9.17, 15) is 0 Å². The maximum absolute atomic E-state index is 5.65. The second-order valence-corrected chi connectivity index (χ2v) is 4.91.